The SMILES string of the molecule is CCCCCc1ccc2oc(=O)c(-c3ccc(C=C4SC(=S)N(C5CC6CCC5C6)C4=O)o3)c(O)c2c1. The van der Waals surface area contributed by atoms with Gasteiger partial charge in [0.25, 0.3) is 5.91 Å². The maximum absolute atomic E-state index is 13.2. The summed E-state index contributed by atoms with van der Waals surface area (Å²) in [6.07, 6.45) is 10.5. The molecule has 1 aromatic carbocycles. The van der Waals surface area contributed by atoms with Crippen molar-refractivity contribution in [3.05, 3.63) is 57.0 Å². The summed E-state index contributed by atoms with van der Waals surface area (Å²) in [5, 5.41) is 11.5. The Hall–Kier alpha value is -2.84. The first-order chi connectivity index (χ1) is 17.9. The van der Waals surface area contributed by atoms with Gasteiger partial charge in [-0.2, -0.15) is 0 Å². The van der Waals surface area contributed by atoms with E-state index in [1.807, 2.05) is 12.1 Å². The first-order valence-electron chi connectivity index (χ1n) is 13.1. The maximum Gasteiger partial charge on any atom is 0.351 e. The lowest BCUT2D eigenvalue weighted by atomic mass is 9.94. The van der Waals surface area contributed by atoms with Crippen LogP contribution in [0.3, 0.4) is 0 Å². The molecule has 2 bridgehead atoms. The van der Waals surface area contributed by atoms with E-state index in [9.17, 15) is 14.7 Å². The van der Waals surface area contributed by atoms with E-state index < -0.39 is 5.63 Å². The Kier molecular flexibility index (Phi) is 6.49. The average molecular weight is 536 g/mol. The van der Waals surface area contributed by atoms with Gasteiger partial charge in [0.2, 0.25) is 0 Å². The summed E-state index contributed by atoms with van der Waals surface area (Å²) in [5.41, 5.74) is 0.717. The Bertz CT molecular complexity index is 1490. The fourth-order valence-electron chi connectivity index (χ4n) is 6.17. The highest BCUT2D eigenvalue weighted by Crippen LogP contribution is 2.49. The van der Waals surface area contributed by atoms with Gasteiger partial charge in [-0.1, -0.05) is 56.2 Å². The number of carbonyl (C=O) groups is 1. The highest BCUT2D eigenvalue weighted by Gasteiger charge is 2.48. The molecular weight excluding hydrogens is 506 g/mol. The second-order valence-corrected chi connectivity index (χ2v) is 12.1. The van der Waals surface area contributed by atoms with Gasteiger partial charge in [0.1, 0.15) is 32.7 Å². The van der Waals surface area contributed by atoms with E-state index in [-0.39, 0.29) is 29.0 Å². The number of unbranched alkanes of at least 4 members (excludes halogenated alkanes) is 2. The molecule has 3 atom stereocenters. The minimum absolute atomic E-state index is 0.0209. The third kappa shape index (κ3) is 4.44. The van der Waals surface area contributed by atoms with E-state index in [0.717, 1.165) is 37.7 Å². The van der Waals surface area contributed by atoms with Crippen molar-refractivity contribution < 1.29 is 18.7 Å². The van der Waals surface area contributed by atoms with E-state index in [0.29, 0.717) is 37.8 Å². The van der Waals surface area contributed by atoms with Crippen molar-refractivity contribution in [1.29, 1.82) is 0 Å². The van der Waals surface area contributed by atoms with E-state index in [2.05, 4.69) is 6.92 Å². The summed E-state index contributed by atoms with van der Waals surface area (Å²) in [6, 6.07) is 9.04. The van der Waals surface area contributed by atoms with Crippen molar-refractivity contribution in [1.82, 2.24) is 4.90 Å². The molecule has 37 heavy (non-hydrogen) atoms. The molecule has 1 N–H and O–H groups in total. The molecule has 6 nitrogen and oxygen atoms in total. The first kappa shape index (κ1) is 24.5. The van der Waals surface area contributed by atoms with Crippen LogP contribution >= 0.6 is 24.0 Å². The summed E-state index contributed by atoms with van der Waals surface area (Å²) >= 11 is 6.87. The van der Waals surface area contributed by atoms with Gasteiger partial charge >= 0.3 is 5.63 Å². The molecule has 1 aliphatic heterocycles. The number of fused-ring (bicyclic) bond motifs is 3. The van der Waals surface area contributed by atoms with Crippen LogP contribution in [0.5, 0.6) is 5.75 Å². The number of hydrogen-bond acceptors (Lipinski definition) is 7. The number of carbonyl (C=O) groups excluding carboxylic acids is 1. The number of aromatic hydroxyl groups is 1. The summed E-state index contributed by atoms with van der Waals surface area (Å²) in [7, 11) is 0. The number of amides is 1. The summed E-state index contributed by atoms with van der Waals surface area (Å²) in [6.45, 7) is 2.16. The molecule has 6 rings (SSSR count). The zero-order chi connectivity index (χ0) is 25.7. The molecule has 0 spiro atoms. The van der Waals surface area contributed by atoms with Crippen LogP contribution in [0.4, 0.5) is 0 Å². The minimum atomic E-state index is -0.674. The van der Waals surface area contributed by atoms with Gasteiger partial charge in [0, 0.05) is 12.1 Å². The van der Waals surface area contributed by atoms with Crippen LogP contribution in [-0.4, -0.2) is 26.3 Å². The maximum atomic E-state index is 13.2. The molecule has 192 valence electrons. The van der Waals surface area contributed by atoms with Gasteiger partial charge in [0.05, 0.1) is 10.3 Å². The first-order valence-corrected chi connectivity index (χ1v) is 14.3. The molecular formula is C29H29NO5S2. The second-order valence-electron chi connectivity index (χ2n) is 10.4. The van der Waals surface area contributed by atoms with Gasteiger partial charge in [-0.05, 0) is 73.8 Å². The van der Waals surface area contributed by atoms with Crippen LogP contribution in [0, 0.1) is 11.8 Å². The number of rotatable bonds is 7. The van der Waals surface area contributed by atoms with E-state index >= 15 is 0 Å². The number of thioether (sulfide) groups is 1. The lowest BCUT2D eigenvalue weighted by Crippen LogP contribution is -2.41. The van der Waals surface area contributed by atoms with E-state index in [4.69, 9.17) is 21.1 Å². The lowest BCUT2D eigenvalue weighted by molar-refractivity contribution is -0.124. The molecule has 2 aliphatic carbocycles. The van der Waals surface area contributed by atoms with Gasteiger partial charge in [-0.3, -0.25) is 9.69 Å². The molecule has 8 heteroatoms. The van der Waals surface area contributed by atoms with Crippen molar-refractivity contribution >= 4 is 51.3 Å². The smallest absolute Gasteiger partial charge is 0.351 e. The molecule has 3 aromatic rings. The Morgan fingerprint density at radius 3 is 2.76 bits per heavy atom. The average Bonchev–Trinajstić information content (AvgIpc) is 3.66. The third-order valence-corrected chi connectivity index (χ3v) is 9.34. The fraction of sp³-hybridized carbons (Fsp3) is 0.414. The Morgan fingerprint density at radius 2 is 2.00 bits per heavy atom. The van der Waals surface area contributed by atoms with Crippen LogP contribution in [0.15, 0.2) is 48.9 Å². The number of furan rings is 1. The van der Waals surface area contributed by atoms with Crippen molar-refractivity contribution in [3.8, 4) is 17.1 Å². The van der Waals surface area contributed by atoms with Crippen LogP contribution in [0.25, 0.3) is 28.4 Å². The topological polar surface area (TPSA) is 83.9 Å². The zero-order valence-electron chi connectivity index (χ0n) is 20.7. The predicted octanol–water partition coefficient (Wildman–Crippen LogP) is 6.88. The Morgan fingerprint density at radius 1 is 1.14 bits per heavy atom. The molecule has 3 unspecified atom stereocenters. The number of aryl methyl sites for hydroxylation is 1. The molecule has 2 aromatic heterocycles. The number of nitrogens with zero attached hydrogens (tertiary/aromatic N) is 1. The third-order valence-electron chi connectivity index (χ3n) is 8.01. The minimum Gasteiger partial charge on any atom is -0.506 e. The number of benzene rings is 1. The van der Waals surface area contributed by atoms with Crippen molar-refractivity contribution in [3.63, 3.8) is 0 Å². The van der Waals surface area contributed by atoms with Gasteiger partial charge in [-0.25, -0.2) is 4.79 Å². The normalized spacial score (nSPS) is 24.3. The van der Waals surface area contributed by atoms with Gasteiger partial charge in [-0.15, -0.1) is 0 Å². The molecule has 0 radical (unpaired) electrons. The molecule has 3 aliphatic rings. The summed E-state index contributed by atoms with van der Waals surface area (Å²) < 4.78 is 12.0. The largest absolute Gasteiger partial charge is 0.506 e. The highest BCUT2D eigenvalue weighted by atomic mass is 32.2. The molecule has 1 saturated heterocycles. The van der Waals surface area contributed by atoms with E-state index in [1.54, 1.807) is 29.2 Å². The number of hydrogen-bond donors (Lipinski definition) is 1. The fourth-order valence-corrected chi connectivity index (χ4v) is 7.53. The summed E-state index contributed by atoms with van der Waals surface area (Å²) in [5.74, 6) is 1.63. The second kappa shape index (κ2) is 9.80. The quantitative estimate of drug-likeness (QED) is 0.153. The Balaban J connectivity index is 1.27. The molecule has 3 fully saturated rings. The van der Waals surface area contributed by atoms with Crippen LogP contribution < -0.4 is 5.63 Å². The van der Waals surface area contributed by atoms with Crippen molar-refractivity contribution in [2.45, 2.75) is 64.3 Å². The zero-order valence-corrected chi connectivity index (χ0v) is 22.3. The van der Waals surface area contributed by atoms with Crippen LogP contribution in [0.1, 0.15) is 63.2 Å². The standard InChI is InChI=1S/C29H29NO5S2/c1-2-3-4-5-16-7-10-22-20(13-16)26(31)25(28(33)35-22)23-11-9-19(34-23)15-24-27(32)30(29(36)37-24)21-14-17-6-8-18(21)12-17/h7,9-11,13,15,17-18,21,31H,2-6,8,12,14H2,1H3. The molecule has 2 saturated carbocycles. The molecule has 1 amide bonds. The highest BCUT2D eigenvalue weighted by molar-refractivity contribution is 8.26. The van der Waals surface area contributed by atoms with Gasteiger partial charge in [0.15, 0.2) is 0 Å². The van der Waals surface area contributed by atoms with Crippen molar-refractivity contribution in [2.24, 2.45) is 11.8 Å². The lowest BCUT2D eigenvalue weighted by Gasteiger charge is -2.30. The molecule has 3 heterocycles. The summed E-state index contributed by atoms with van der Waals surface area (Å²) in [4.78, 5) is 28.3. The predicted molar refractivity (Wildman–Crippen MR) is 149 cm³/mol. The van der Waals surface area contributed by atoms with Crippen molar-refractivity contribution in [2.75, 3.05) is 0 Å². The van der Waals surface area contributed by atoms with E-state index in [1.165, 1.54) is 31.0 Å². The number of thiocarbonyl (C=S) groups is 1. The van der Waals surface area contributed by atoms with Crippen LogP contribution in [-0.2, 0) is 11.2 Å². The monoisotopic (exact) mass is 535 g/mol. The van der Waals surface area contributed by atoms with Crippen LogP contribution in [0.2, 0.25) is 0 Å². The Labute approximate surface area is 224 Å². The van der Waals surface area contributed by atoms with Gasteiger partial charge < -0.3 is 13.9 Å².